The monoisotopic (exact) mass is 379 g/mol. The van der Waals surface area contributed by atoms with E-state index in [1.54, 1.807) is 24.0 Å². The van der Waals surface area contributed by atoms with Crippen LogP contribution in [0.3, 0.4) is 0 Å². The topological polar surface area (TPSA) is 84.0 Å². The molecule has 28 heavy (non-hydrogen) atoms. The number of carbonyl (C=O) groups is 1. The molecule has 2 aromatic heterocycles. The van der Waals surface area contributed by atoms with Gasteiger partial charge in [0, 0.05) is 56.1 Å². The van der Waals surface area contributed by atoms with Gasteiger partial charge in [-0.2, -0.15) is 5.10 Å². The maximum absolute atomic E-state index is 12.7. The number of carbonyl (C=O) groups excluding carboxylic acids is 1. The van der Waals surface area contributed by atoms with Crippen molar-refractivity contribution in [1.29, 1.82) is 0 Å². The summed E-state index contributed by atoms with van der Waals surface area (Å²) in [6.07, 6.45) is 1.93. The van der Waals surface area contributed by atoms with Crippen molar-refractivity contribution in [3.05, 3.63) is 75.6 Å². The fourth-order valence-electron chi connectivity index (χ4n) is 3.53. The Balaban J connectivity index is 1.39. The fourth-order valence-corrected chi connectivity index (χ4v) is 3.53. The van der Waals surface area contributed by atoms with Gasteiger partial charge in [-0.05, 0) is 31.2 Å². The van der Waals surface area contributed by atoms with Gasteiger partial charge in [-0.1, -0.05) is 12.1 Å². The van der Waals surface area contributed by atoms with E-state index in [9.17, 15) is 14.9 Å². The average Bonchev–Trinajstić information content (AvgIpc) is 3.10. The lowest BCUT2D eigenvalue weighted by Crippen LogP contribution is -2.48. The summed E-state index contributed by atoms with van der Waals surface area (Å²) in [5.74, 6) is -0.157. The molecule has 8 heteroatoms. The molecule has 0 spiro atoms. The number of nitrogens with zero attached hydrogens (tertiary/aromatic N) is 5. The number of hydrogen-bond donors (Lipinski definition) is 0. The number of aromatic nitrogens is 2. The van der Waals surface area contributed by atoms with E-state index in [1.807, 2.05) is 28.9 Å². The summed E-state index contributed by atoms with van der Waals surface area (Å²) in [6.45, 7) is 5.08. The number of pyridine rings is 1. The first-order valence-electron chi connectivity index (χ1n) is 9.21. The summed E-state index contributed by atoms with van der Waals surface area (Å²) >= 11 is 0. The Labute approximate surface area is 162 Å². The van der Waals surface area contributed by atoms with Crippen molar-refractivity contribution in [2.75, 3.05) is 26.2 Å². The van der Waals surface area contributed by atoms with Crippen LogP contribution in [0.15, 0.2) is 48.7 Å². The molecule has 3 heterocycles. The fraction of sp³-hybridized carbons (Fsp3) is 0.300. The summed E-state index contributed by atoms with van der Waals surface area (Å²) in [5, 5.41) is 15.7. The highest BCUT2D eigenvalue weighted by atomic mass is 16.6. The third-order valence-electron chi connectivity index (χ3n) is 5.12. The molecular formula is C20H21N5O3. The molecule has 0 atom stereocenters. The van der Waals surface area contributed by atoms with Crippen LogP contribution < -0.4 is 0 Å². The SMILES string of the molecule is Cc1ccc(C(=O)N2CCN(Cc3cc4ccccn4n3)CC2)cc1[N+](=O)[O-]. The van der Waals surface area contributed by atoms with Crippen LogP contribution in [0, 0.1) is 17.0 Å². The maximum Gasteiger partial charge on any atom is 0.273 e. The third-order valence-corrected chi connectivity index (χ3v) is 5.12. The molecule has 3 aromatic rings. The summed E-state index contributed by atoms with van der Waals surface area (Å²) in [5.41, 5.74) is 2.97. The summed E-state index contributed by atoms with van der Waals surface area (Å²) in [6, 6.07) is 12.7. The molecular weight excluding hydrogens is 358 g/mol. The van der Waals surface area contributed by atoms with Gasteiger partial charge in [0.1, 0.15) is 0 Å². The van der Waals surface area contributed by atoms with Crippen LogP contribution in [0.4, 0.5) is 5.69 Å². The van der Waals surface area contributed by atoms with Crippen LogP contribution in [-0.2, 0) is 6.54 Å². The van der Waals surface area contributed by atoms with Crippen LogP contribution >= 0.6 is 0 Å². The van der Waals surface area contributed by atoms with Gasteiger partial charge in [-0.25, -0.2) is 4.52 Å². The number of rotatable bonds is 4. The van der Waals surface area contributed by atoms with Crippen molar-refractivity contribution >= 4 is 17.1 Å². The zero-order valence-corrected chi connectivity index (χ0v) is 15.6. The molecule has 1 aliphatic rings. The summed E-state index contributed by atoms with van der Waals surface area (Å²) < 4.78 is 1.86. The van der Waals surface area contributed by atoms with Crippen molar-refractivity contribution < 1.29 is 9.72 Å². The first kappa shape index (κ1) is 18.1. The molecule has 0 radical (unpaired) electrons. The van der Waals surface area contributed by atoms with Gasteiger partial charge >= 0.3 is 0 Å². The smallest absolute Gasteiger partial charge is 0.273 e. The standard InChI is InChI=1S/C20H21N5O3/c1-15-5-6-16(12-19(15)25(27)28)20(26)23-10-8-22(9-11-23)14-17-13-18-4-2-3-7-24(18)21-17/h2-7,12-13H,8-11,14H2,1H3. The molecule has 8 nitrogen and oxygen atoms in total. The molecule has 0 N–H and O–H groups in total. The number of aryl methyl sites for hydroxylation is 1. The van der Waals surface area contributed by atoms with Crippen molar-refractivity contribution in [1.82, 2.24) is 19.4 Å². The van der Waals surface area contributed by atoms with Gasteiger partial charge in [-0.15, -0.1) is 0 Å². The molecule has 1 fully saturated rings. The molecule has 0 unspecified atom stereocenters. The zero-order chi connectivity index (χ0) is 19.7. The van der Waals surface area contributed by atoms with Gasteiger partial charge < -0.3 is 4.90 Å². The number of nitro groups is 1. The maximum atomic E-state index is 12.7. The minimum Gasteiger partial charge on any atom is -0.336 e. The molecule has 0 saturated carbocycles. The van der Waals surface area contributed by atoms with Crippen molar-refractivity contribution in [2.24, 2.45) is 0 Å². The third kappa shape index (κ3) is 3.59. The van der Waals surface area contributed by atoms with E-state index in [1.165, 1.54) is 6.07 Å². The highest BCUT2D eigenvalue weighted by Gasteiger charge is 2.24. The minimum atomic E-state index is -0.446. The quantitative estimate of drug-likeness (QED) is 0.514. The number of piperazine rings is 1. The number of amides is 1. The lowest BCUT2D eigenvalue weighted by molar-refractivity contribution is -0.385. The second-order valence-electron chi connectivity index (χ2n) is 7.03. The number of benzene rings is 1. The molecule has 0 aliphatic carbocycles. The first-order valence-corrected chi connectivity index (χ1v) is 9.21. The van der Waals surface area contributed by atoms with Crippen LogP contribution in [0.1, 0.15) is 21.6 Å². The van der Waals surface area contributed by atoms with E-state index in [-0.39, 0.29) is 11.6 Å². The molecule has 1 amide bonds. The van der Waals surface area contributed by atoms with Crippen molar-refractivity contribution in [3.8, 4) is 0 Å². The second-order valence-corrected chi connectivity index (χ2v) is 7.03. The molecule has 1 aliphatic heterocycles. The van der Waals surface area contributed by atoms with Crippen LogP contribution in [0.5, 0.6) is 0 Å². The van der Waals surface area contributed by atoms with E-state index >= 15 is 0 Å². The average molecular weight is 379 g/mol. The van der Waals surface area contributed by atoms with Crippen molar-refractivity contribution in [2.45, 2.75) is 13.5 Å². The van der Waals surface area contributed by atoms with Gasteiger partial charge in [0.05, 0.1) is 16.1 Å². The van der Waals surface area contributed by atoms with Gasteiger partial charge in [0.25, 0.3) is 11.6 Å². The van der Waals surface area contributed by atoms with E-state index in [2.05, 4.69) is 16.1 Å². The lowest BCUT2D eigenvalue weighted by Gasteiger charge is -2.34. The molecule has 0 bridgehead atoms. The minimum absolute atomic E-state index is 0.0173. The predicted octanol–water partition coefficient (Wildman–Crippen LogP) is 2.51. The molecule has 1 saturated heterocycles. The number of nitro benzene ring substituents is 1. The van der Waals surface area contributed by atoms with Crippen LogP contribution in [0.2, 0.25) is 0 Å². The zero-order valence-electron chi connectivity index (χ0n) is 15.6. The summed E-state index contributed by atoms with van der Waals surface area (Å²) in [4.78, 5) is 27.4. The number of hydrogen-bond acceptors (Lipinski definition) is 5. The normalized spacial score (nSPS) is 15.1. The number of fused-ring (bicyclic) bond motifs is 1. The van der Waals surface area contributed by atoms with Crippen molar-refractivity contribution in [3.63, 3.8) is 0 Å². The van der Waals surface area contributed by atoms with Gasteiger partial charge in [0.15, 0.2) is 0 Å². The molecule has 4 rings (SSSR count). The van der Waals surface area contributed by atoms with E-state index in [4.69, 9.17) is 0 Å². The largest absolute Gasteiger partial charge is 0.336 e. The molecule has 144 valence electrons. The van der Waals surface area contributed by atoms with Gasteiger partial charge in [-0.3, -0.25) is 19.8 Å². The Morgan fingerprint density at radius 3 is 2.64 bits per heavy atom. The Kier molecular flexibility index (Phi) is 4.79. The Morgan fingerprint density at radius 2 is 1.93 bits per heavy atom. The first-order chi connectivity index (χ1) is 13.5. The Bertz CT molecular complexity index is 1000. The molecule has 1 aromatic carbocycles. The predicted molar refractivity (Wildman–Crippen MR) is 104 cm³/mol. The second kappa shape index (κ2) is 7.40. The van der Waals surface area contributed by atoms with E-state index in [0.29, 0.717) is 24.2 Å². The highest BCUT2D eigenvalue weighted by Crippen LogP contribution is 2.21. The van der Waals surface area contributed by atoms with Gasteiger partial charge in [0.2, 0.25) is 0 Å². The summed E-state index contributed by atoms with van der Waals surface area (Å²) in [7, 11) is 0. The van der Waals surface area contributed by atoms with Crippen LogP contribution in [-0.4, -0.2) is 56.4 Å². The highest BCUT2D eigenvalue weighted by molar-refractivity contribution is 5.95. The lowest BCUT2D eigenvalue weighted by atomic mass is 10.1. The van der Waals surface area contributed by atoms with E-state index in [0.717, 1.165) is 30.8 Å². The van der Waals surface area contributed by atoms with E-state index < -0.39 is 4.92 Å². The van der Waals surface area contributed by atoms with Crippen LogP contribution in [0.25, 0.3) is 5.52 Å². The Hall–Kier alpha value is -3.26. The Morgan fingerprint density at radius 1 is 1.14 bits per heavy atom.